The van der Waals surface area contributed by atoms with Crippen molar-refractivity contribution in [3.05, 3.63) is 23.9 Å². The lowest BCUT2D eigenvalue weighted by molar-refractivity contribution is 0.194. The lowest BCUT2D eigenvalue weighted by Gasteiger charge is -2.31. The number of aryl methyl sites for hydroxylation is 1. The Morgan fingerprint density at radius 3 is 2.95 bits per heavy atom. The molecule has 1 aliphatic heterocycles. The van der Waals surface area contributed by atoms with Gasteiger partial charge in [0.05, 0.1) is 17.7 Å². The van der Waals surface area contributed by atoms with Crippen molar-refractivity contribution >= 4 is 21.4 Å². The van der Waals surface area contributed by atoms with E-state index in [1.165, 1.54) is 6.26 Å². The van der Waals surface area contributed by atoms with Crippen LogP contribution in [0.3, 0.4) is 0 Å². The fourth-order valence-electron chi connectivity index (χ4n) is 2.88. The number of sulfone groups is 1. The van der Waals surface area contributed by atoms with E-state index < -0.39 is 9.84 Å². The molecule has 0 spiro atoms. The minimum Gasteiger partial charge on any atom is -0.337 e. The molecule has 3 rings (SSSR count). The number of rotatable bonds is 4. The summed E-state index contributed by atoms with van der Waals surface area (Å²) in [6.45, 7) is 2.63. The van der Waals surface area contributed by atoms with Gasteiger partial charge < -0.3 is 4.57 Å². The number of hydrogen-bond donors (Lipinski definition) is 0. The predicted octanol–water partition coefficient (Wildman–Crippen LogP) is 1.05. The zero-order valence-corrected chi connectivity index (χ0v) is 14.3. The van der Waals surface area contributed by atoms with Crippen LogP contribution in [-0.4, -0.2) is 51.8 Å². The van der Waals surface area contributed by atoms with Crippen molar-refractivity contribution in [3.8, 4) is 0 Å². The van der Waals surface area contributed by atoms with Gasteiger partial charge in [-0.2, -0.15) is 0 Å². The van der Waals surface area contributed by atoms with E-state index in [0.717, 1.165) is 49.7 Å². The van der Waals surface area contributed by atoms with Gasteiger partial charge in [0.1, 0.15) is 0 Å². The van der Waals surface area contributed by atoms with Crippen molar-refractivity contribution in [3.63, 3.8) is 0 Å². The lowest BCUT2D eigenvalue weighted by atomic mass is 9.95. The predicted molar refractivity (Wildman–Crippen MR) is 83.5 cm³/mol. The van der Waals surface area contributed by atoms with Crippen LogP contribution in [0.1, 0.15) is 30.1 Å². The number of piperidine rings is 1. The van der Waals surface area contributed by atoms with Crippen molar-refractivity contribution in [1.82, 2.24) is 24.0 Å². The largest absolute Gasteiger partial charge is 0.337 e. The highest BCUT2D eigenvalue weighted by molar-refractivity contribution is 7.92. The van der Waals surface area contributed by atoms with E-state index in [9.17, 15) is 8.42 Å². The van der Waals surface area contributed by atoms with Crippen LogP contribution in [-0.2, 0) is 23.4 Å². The molecule has 7 nitrogen and oxygen atoms in total. The van der Waals surface area contributed by atoms with Gasteiger partial charge in [0.15, 0.2) is 14.0 Å². The van der Waals surface area contributed by atoms with Gasteiger partial charge in [-0.15, -0.1) is 5.10 Å². The molecule has 1 unspecified atom stereocenters. The zero-order chi connectivity index (χ0) is 15.7. The summed E-state index contributed by atoms with van der Waals surface area (Å²) >= 11 is 0.977. The molecule has 1 aliphatic rings. The summed E-state index contributed by atoms with van der Waals surface area (Å²) < 4.78 is 29.9. The molecule has 0 amide bonds. The quantitative estimate of drug-likeness (QED) is 0.827. The summed E-state index contributed by atoms with van der Waals surface area (Å²) in [5.74, 6) is 0.130. The molecule has 1 fully saturated rings. The maximum Gasteiger partial charge on any atom is 0.188 e. The summed E-state index contributed by atoms with van der Waals surface area (Å²) in [5.41, 5.74) is 1.79. The van der Waals surface area contributed by atoms with Crippen LogP contribution < -0.4 is 0 Å². The molecule has 120 valence electrons. The van der Waals surface area contributed by atoms with Crippen molar-refractivity contribution in [2.75, 3.05) is 19.3 Å². The maximum atomic E-state index is 11.8. The zero-order valence-electron chi connectivity index (χ0n) is 12.6. The Kier molecular flexibility index (Phi) is 4.28. The van der Waals surface area contributed by atoms with E-state index in [4.69, 9.17) is 0 Å². The fourth-order valence-corrected chi connectivity index (χ4v) is 4.62. The Hall–Kier alpha value is -1.32. The Balaban J connectivity index is 1.76. The second-order valence-corrected chi connectivity index (χ2v) is 8.75. The molecule has 22 heavy (non-hydrogen) atoms. The molecule has 0 radical (unpaired) electrons. The van der Waals surface area contributed by atoms with E-state index >= 15 is 0 Å². The molecule has 2 aromatic heterocycles. The van der Waals surface area contributed by atoms with Crippen molar-refractivity contribution < 1.29 is 8.42 Å². The van der Waals surface area contributed by atoms with Gasteiger partial charge in [0.2, 0.25) is 0 Å². The van der Waals surface area contributed by atoms with E-state index in [1.54, 1.807) is 6.33 Å². The molecule has 2 aromatic rings. The molecule has 1 saturated heterocycles. The van der Waals surface area contributed by atoms with E-state index in [-0.39, 0.29) is 5.92 Å². The van der Waals surface area contributed by atoms with E-state index in [1.807, 2.05) is 17.8 Å². The van der Waals surface area contributed by atoms with Crippen LogP contribution in [0, 0.1) is 0 Å². The monoisotopic (exact) mass is 341 g/mol. The van der Waals surface area contributed by atoms with Crippen LogP contribution in [0.5, 0.6) is 0 Å². The Morgan fingerprint density at radius 2 is 2.27 bits per heavy atom. The van der Waals surface area contributed by atoms with Gasteiger partial charge in [0.25, 0.3) is 0 Å². The first-order valence-corrected chi connectivity index (χ1v) is 9.81. The summed E-state index contributed by atoms with van der Waals surface area (Å²) in [5, 5.41) is 4.10. The average Bonchev–Trinajstić information content (AvgIpc) is 3.08. The van der Waals surface area contributed by atoms with Crippen molar-refractivity contribution in [1.29, 1.82) is 0 Å². The molecule has 0 bridgehead atoms. The number of hydrogen-bond acceptors (Lipinski definition) is 7. The molecule has 0 saturated carbocycles. The standard InChI is InChI=1S/C13H19N5O2S2/c1-17-9-14-6-11(17)8-18-5-3-4-10(7-18)12-13(21-16-15-12)22(2,19)20/h6,9-10H,3-5,7-8H2,1-2H3. The molecule has 9 heteroatoms. The van der Waals surface area contributed by atoms with Crippen molar-refractivity contribution in [2.45, 2.75) is 29.5 Å². The highest BCUT2D eigenvalue weighted by atomic mass is 32.2. The molecular weight excluding hydrogens is 322 g/mol. The molecule has 0 aliphatic carbocycles. The Labute approximate surface area is 134 Å². The second-order valence-electron chi connectivity index (χ2n) is 5.79. The first-order chi connectivity index (χ1) is 10.4. The molecule has 0 aromatic carbocycles. The van der Waals surface area contributed by atoms with Crippen LogP contribution >= 0.6 is 11.5 Å². The fraction of sp³-hybridized carbons (Fsp3) is 0.615. The second kappa shape index (κ2) is 6.05. The average molecular weight is 341 g/mol. The molecule has 0 N–H and O–H groups in total. The minimum absolute atomic E-state index is 0.130. The normalized spacial score (nSPS) is 20.4. The number of likely N-dealkylation sites (tertiary alicyclic amines) is 1. The highest BCUT2D eigenvalue weighted by Gasteiger charge is 2.29. The van der Waals surface area contributed by atoms with Crippen LogP contribution in [0.15, 0.2) is 16.7 Å². The smallest absolute Gasteiger partial charge is 0.188 e. The summed E-state index contributed by atoms with van der Waals surface area (Å²) in [4.78, 5) is 6.47. The summed E-state index contributed by atoms with van der Waals surface area (Å²) in [6, 6.07) is 0. The number of nitrogens with zero attached hydrogens (tertiary/aromatic N) is 5. The summed E-state index contributed by atoms with van der Waals surface area (Å²) in [7, 11) is -1.27. The first-order valence-electron chi connectivity index (χ1n) is 7.15. The molecule has 3 heterocycles. The van der Waals surface area contributed by atoms with Gasteiger partial charge in [-0.1, -0.05) is 4.49 Å². The SMILES string of the molecule is Cn1cncc1CN1CCCC(c2nnsc2S(C)(=O)=O)C1. The van der Waals surface area contributed by atoms with Gasteiger partial charge in [-0.05, 0) is 19.4 Å². The minimum atomic E-state index is -3.25. The Morgan fingerprint density at radius 1 is 1.45 bits per heavy atom. The topological polar surface area (TPSA) is 81.0 Å². The third kappa shape index (κ3) is 3.21. The maximum absolute atomic E-state index is 11.8. The van der Waals surface area contributed by atoms with Gasteiger partial charge in [-0.3, -0.25) is 4.90 Å². The summed E-state index contributed by atoms with van der Waals surface area (Å²) in [6.07, 6.45) is 6.87. The Bertz CT molecular complexity index is 752. The third-order valence-corrected chi connectivity index (χ3v) is 6.57. The van der Waals surface area contributed by atoms with E-state index in [2.05, 4.69) is 19.5 Å². The highest BCUT2D eigenvalue weighted by Crippen LogP contribution is 2.32. The van der Waals surface area contributed by atoms with Gasteiger partial charge >= 0.3 is 0 Å². The number of imidazole rings is 1. The lowest BCUT2D eigenvalue weighted by Crippen LogP contribution is -2.34. The van der Waals surface area contributed by atoms with Crippen LogP contribution in [0.2, 0.25) is 0 Å². The van der Waals surface area contributed by atoms with Crippen LogP contribution in [0.25, 0.3) is 0 Å². The van der Waals surface area contributed by atoms with Gasteiger partial charge in [-0.25, -0.2) is 13.4 Å². The van der Waals surface area contributed by atoms with Crippen LogP contribution in [0.4, 0.5) is 0 Å². The molecular formula is C13H19N5O2S2. The van der Waals surface area contributed by atoms with Gasteiger partial charge in [0, 0.05) is 50.0 Å². The molecule has 1 atom stereocenters. The van der Waals surface area contributed by atoms with Crippen molar-refractivity contribution in [2.24, 2.45) is 7.05 Å². The first kappa shape index (κ1) is 15.6. The van der Waals surface area contributed by atoms with E-state index in [0.29, 0.717) is 9.90 Å². The third-order valence-electron chi connectivity index (χ3n) is 4.01. The number of aromatic nitrogens is 4.